The average Bonchev–Trinajstić information content (AvgIpc) is 3.05. The van der Waals surface area contributed by atoms with Gasteiger partial charge in [0, 0.05) is 31.9 Å². The van der Waals surface area contributed by atoms with E-state index in [4.69, 9.17) is 0 Å². The van der Waals surface area contributed by atoms with Gasteiger partial charge in [0.25, 0.3) is 0 Å². The monoisotopic (exact) mass is 392 g/mol. The zero-order valence-corrected chi connectivity index (χ0v) is 15.4. The molecule has 2 aromatic heterocycles. The number of hydrogen-bond donors (Lipinski definition) is 1. The van der Waals surface area contributed by atoms with E-state index in [1.165, 1.54) is 17.4 Å². The van der Waals surface area contributed by atoms with Crippen molar-refractivity contribution < 1.29 is 13.2 Å². The SMILES string of the molecule is FC(F)(F)c1ccc2sc(NC3CCN(Cc4ccccn4)CC3)nc2c1. The van der Waals surface area contributed by atoms with Gasteiger partial charge in [-0.2, -0.15) is 13.2 Å². The fourth-order valence-corrected chi connectivity index (χ4v) is 4.22. The Labute approximate surface area is 159 Å². The first-order valence-electron chi connectivity index (χ1n) is 8.84. The highest BCUT2D eigenvalue weighted by Crippen LogP contribution is 2.34. The Kier molecular flexibility index (Phi) is 5.01. The summed E-state index contributed by atoms with van der Waals surface area (Å²) in [6, 6.07) is 9.94. The number of fused-ring (bicyclic) bond motifs is 1. The average molecular weight is 392 g/mol. The van der Waals surface area contributed by atoms with Gasteiger partial charge in [-0.1, -0.05) is 17.4 Å². The second kappa shape index (κ2) is 7.44. The van der Waals surface area contributed by atoms with E-state index in [-0.39, 0.29) is 6.04 Å². The van der Waals surface area contributed by atoms with Crippen LogP contribution >= 0.6 is 11.3 Å². The molecule has 1 N–H and O–H groups in total. The van der Waals surface area contributed by atoms with E-state index in [1.807, 2.05) is 18.2 Å². The van der Waals surface area contributed by atoms with Crippen LogP contribution in [-0.4, -0.2) is 34.0 Å². The summed E-state index contributed by atoms with van der Waals surface area (Å²) in [5.41, 5.74) is 0.801. The zero-order chi connectivity index (χ0) is 18.9. The Morgan fingerprint density at radius 2 is 1.96 bits per heavy atom. The smallest absolute Gasteiger partial charge is 0.359 e. The topological polar surface area (TPSA) is 41.0 Å². The number of piperidine rings is 1. The van der Waals surface area contributed by atoms with Gasteiger partial charge < -0.3 is 5.32 Å². The van der Waals surface area contributed by atoms with Crippen LogP contribution in [0.1, 0.15) is 24.1 Å². The van der Waals surface area contributed by atoms with E-state index in [2.05, 4.69) is 20.2 Å². The second-order valence-electron chi connectivity index (χ2n) is 6.72. The lowest BCUT2D eigenvalue weighted by molar-refractivity contribution is -0.137. The lowest BCUT2D eigenvalue weighted by Crippen LogP contribution is -2.38. The van der Waals surface area contributed by atoms with Crippen molar-refractivity contribution in [2.75, 3.05) is 18.4 Å². The quantitative estimate of drug-likeness (QED) is 0.693. The highest BCUT2D eigenvalue weighted by Gasteiger charge is 2.31. The fraction of sp³-hybridized carbons (Fsp3) is 0.368. The minimum atomic E-state index is -4.34. The van der Waals surface area contributed by atoms with Crippen molar-refractivity contribution in [1.29, 1.82) is 0 Å². The number of halogens is 3. The third-order valence-electron chi connectivity index (χ3n) is 4.74. The van der Waals surface area contributed by atoms with E-state index in [9.17, 15) is 13.2 Å². The molecule has 8 heteroatoms. The first-order valence-corrected chi connectivity index (χ1v) is 9.65. The van der Waals surface area contributed by atoms with Crippen molar-refractivity contribution in [1.82, 2.24) is 14.9 Å². The standard InChI is InChI=1S/C19H19F3N4S/c20-19(21,22)13-4-5-17-16(11-13)25-18(27-17)24-14-6-9-26(10-7-14)12-15-3-1-2-8-23-15/h1-5,8,11,14H,6-7,9-10,12H2,(H,24,25). The number of nitrogens with zero attached hydrogens (tertiary/aromatic N) is 3. The van der Waals surface area contributed by atoms with Crippen molar-refractivity contribution in [3.8, 4) is 0 Å². The summed E-state index contributed by atoms with van der Waals surface area (Å²) in [4.78, 5) is 11.1. The molecule has 3 heterocycles. The molecule has 142 valence electrons. The van der Waals surface area contributed by atoms with Crippen molar-refractivity contribution >= 4 is 26.7 Å². The number of nitrogens with one attached hydrogen (secondary N) is 1. The van der Waals surface area contributed by atoms with Crippen molar-refractivity contribution in [2.24, 2.45) is 0 Å². The number of thiazole rings is 1. The largest absolute Gasteiger partial charge is 0.416 e. The molecule has 4 nitrogen and oxygen atoms in total. The van der Waals surface area contributed by atoms with E-state index in [0.29, 0.717) is 10.6 Å². The summed E-state index contributed by atoms with van der Waals surface area (Å²) in [5, 5.41) is 4.08. The van der Waals surface area contributed by atoms with Crippen LogP contribution in [0.3, 0.4) is 0 Å². The third kappa shape index (κ3) is 4.39. The molecule has 4 rings (SSSR count). The highest BCUT2D eigenvalue weighted by atomic mass is 32.1. The lowest BCUT2D eigenvalue weighted by Gasteiger charge is -2.32. The molecule has 1 aliphatic rings. The number of anilines is 1. The molecular formula is C19H19F3N4S. The number of rotatable bonds is 4. The normalized spacial score (nSPS) is 16.7. The summed E-state index contributed by atoms with van der Waals surface area (Å²) in [6.07, 6.45) is -0.597. The first-order chi connectivity index (χ1) is 13.0. The zero-order valence-electron chi connectivity index (χ0n) is 14.5. The molecule has 0 radical (unpaired) electrons. The molecule has 0 saturated carbocycles. The van der Waals surface area contributed by atoms with Gasteiger partial charge in [0.15, 0.2) is 5.13 Å². The Hall–Kier alpha value is -2.19. The Morgan fingerprint density at radius 3 is 2.67 bits per heavy atom. The summed E-state index contributed by atoms with van der Waals surface area (Å²) in [5.74, 6) is 0. The number of benzene rings is 1. The molecule has 0 aliphatic carbocycles. The lowest BCUT2D eigenvalue weighted by atomic mass is 10.1. The Balaban J connectivity index is 1.36. The van der Waals surface area contributed by atoms with Crippen LogP contribution in [0.5, 0.6) is 0 Å². The molecule has 1 saturated heterocycles. The van der Waals surface area contributed by atoms with E-state index in [1.54, 1.807) is 6.20 Å². The number of hydrogen-bond acceptors (Lipinski definition) is 5. The molecule has 27 heavy (non-hydrogen) atoms. The first kappa shape index (κ1) is 18.2. The van der Waals surface area contributed by atoms with Crippen molar-refractivity contribution in [3.05, 3.63) is 53.9 Å². The van der Waals surface area contributed by atoms with E-state index in [0.717, 1.165) is 55.0 Å². The molecule has 0 atom stereocenters. The molecule has 0 amide bonds. The van der Waals surface area contributed by atoms with Crippen LogP contribution in [-0.2, 0) is 12.7 Å². The summed E-state index contributed by atoms with van der Waals surface area (Å²) in [6.45, 7) is 2.75. The maximum Gasteiger partial charge on any atom is 0.416 e. The third-order valence-corrected chi connectivity index (χ3v) is 5.71. The molecule has 0 unspecified atom stereocenters. The van der Waals surface area contributed by atoms with E-state index < -0.39 is 11.7 Å². The van der Waals surface area contributed by atoms with Gasteiger partial charge >= 0.3 is 6.18 Å². The van der Waals surface area contributed by atoms with Gasteiger partial charge in [-0.25, -0.2) is 4.98 Å². The van der Waals surface area contributed by atoms with Crippen molar-refractivity contribution in [3.63, 3.8) is 0 Å². The van der Waals surface area contributed by atoms with Gasteiger partial charge in [-0.3, -0.25) is 9.88 Å². The van der Waals surface area contributed by atoms with Gasteiger partial charge in [-0.15, -0.1) is 0 Å². The van der Waals surface area contributed by atoms with E-state index >= 15 is 0 Å². The summed E-state index contributed by atoms with van der Waals surface area (Å²) in [7, 11) is 0. The number of pyridine rings is 1. The van der Waals surface area contributed by atoms with Crippen LogP contribution < -0.4 is 5.32 Å². The van der Waals surface area contributed by atoms with Crippen LogP contribution in [0, 0.1) is 0 Å². The minimum Gasteiger partial charge on any atom is -0.359 e. The molecular weight excluding hydrogens is 373 g/mol. The van der Waals surface area contributed by atoms with Crippen LogP contribution in [0.15, 0.2) is 42.6 Å². The number of alkyl halides is 3. The predicted octanol–water partition coefficient (Wildman–Crippen LogP) is 4.79. The Morgan fingerprint density at radius 1 is 1.15 bits per heavy atom. The second-order valence-corrected chi connectivity index (χ2v) is 7.75. The van der Waals surface area contributed by atoms with Gasteiger partial charge in [0.1, 0.15) is 0 Å². The van der Waals surface area contributed by atoms with Gasteiger partial charge in [-0.05, 0) is 43.2 Å². The van der Waals surface area contributed by atoms with Crippen LogP contribution in [0.4, 0.5) is 18.3 Å². The number of likely N-dealkylation sites (tertiary alicyclic amines) is 1. The van der Waals surface area contributed by atoms with Gasteiger partial charge in [0.2, 0.25) is 0 Å². The minimum absolute atomic E-state index is 0.285. The van der Waals surface area contributed by atoms with Crippen molar-refractivity contribution in [2.45, 2.75) is 31.6 Å². The molecule has 1 aliphatic heterocycles. The maximum absolute atomic E-state index is 12.8. The summed E-state index contributed by atoms with van der Waals surface area (Å²) >= 11 is 1.40. The Bertz CT molecular complexity index is 902. The molecule has 1 aromatic carbocycles. The molecule has 1 fully saturated rings. The van der Waals surface area contributed by atoms with Gasteiger partial charge in [0.05, 0.1) is 21.5 Å². The molecule has 0 spiro atoms. The molecule has 3 aromatic rings. The predicted molar refractivity (Wildman–Crippen MR) is 101 cm³/mol. The fourth-order valence-electron chi connectivity index (χ4n) is 3.30. The highest BCUT2D eigenvalue weighted by molar-refractivity contribution is 7.22. The summed E-state index contributed by atoms with van der Waals surface area (Å²) < 4.78 is 39.3. The maximum atomic E-state index is 12.8. The van der Waals surface area contributed by atoms with Crippen LogP contribution in [0.25, 0.3) is 10.2 Å². The number of aromatic nitrogens is 2. The van der Waals surface area contributed by atoms with Crippen LogP contribution in [0.2, 0.25) is 0 Å². The molecule has 0 bridgehead atoms.